The van der Waals surface area contributed by atoms with Gasteiger partial charge in [-0.15, -0.1) is 0 Å². The van der Waals surface area contributed by atoms with Crippen molar-refractivity contribution < 1.29 is 13.9 Å². The minimum Gasteiger partial charge on any atom is -0.493 e. The first-order valence-corrected chi connectivity index (χ1v) is 5.85. The predicted octanol–water partition coefficient (Wildman–Crippen LogP) is 3.76. The Kier molecular flexibility index (Phi) is 4.67. The minimum absolute atomic E-state index is 0.177. The fraction of sp³-hybridized carbons (Fsp3) is 0.500. The van der Waals surface area contributed by atoms with E-state index in [9.17, 15) is 9.18 Å². The second-order valence-electron chi connectivity index (χ2n) is 4.68. The Morgan fingerprint density at radius 2 is 2.06 bits per heavy atom. The molecule has 0 spiro atoms. The van der Waals surface area contributed by atoms with Crippen LogP contribution in [0.1, 0.15) is 43.1 Å². The monoisotopic (exact) mass is 238 g/mol. The van der Waals surface area contributed by atoms with Gasteiger partial charge in [0.1, 0.15) is 11.6 Å². The molecule has 0 N–H and O–H groups in total. The van der Waals surface area contributed by atoms with Gasteiger partial charge in [-0.05, 0) is 43.9 Å². The van der Waals surface area contributed by atoms with Gasteiger partial charge in [0.05, 0.1) is 12.2 Å². The molecule has 1 aromatic rings. The molecule has 1 aromatic carbocycles. The van der Waals surface area contributed by atoms with E-state index in [4.69, 9.17) is 4.74 Å². The maximum Gasteiger partial charge on any atom is 0.163 e. The molecule has 0 aromatic heterocycles. The Morgan fingerprint density at radius 1 is 1.41 bits per heavy atom. The summed E-state index contributed by atoms with van der Waals surface area (Å²) in [7, 11) is 0. The zero-order valence-corrected chi connectivity index (χ0v) is 10.8. The number of carbonyl (C=O) groups is 1. The first-order chi connectivity index (χ1) is 7.91. The fourth-order valence-corrected chi connectivity index (χ4v) is 1.45. The van der Waals surface area contributed by atoms with E-state index in [-0.39, 0.29) is 11.6 Å². The molecule has 94 valence electrons. The molecule has 0 atom stereocenters. The van der Waals surface area contributed by atoms with Gasteiger partial charge in [0.2, 0.25) is 0 Å². The number of halogens is 1. The van der Waals surface area contributed by atoms with E-state index in [2.05, 4.69) is 13.8 Å². The van der Waals surface area contributed by atoms with Crippen LogP contribution in [0.2, 0.25) is 0 Å². The van der Waals surface area contributed by atoms with Crippen LogP contribution in [-0.2, 0) is 0 Å². The van der Waals surface area contributed by atoms with Crippen molar-refractivity contribution in [3.05, 3.63) is 29.1 Å². The second kappa shape index (κ2) is 5.80. The number of carbonyl (C=O) groups excluding carboxylic acids is 1. The van der Waals surface area contributed by atoms with Crippen LogP contribution >= 0.6 is 0 Å². The molecule has 0 fully saturated rings. The average Bonchev–Trinajstić information content (AvgIpc) is 2.22. The fourth-order valence-electron chi connectivity index (χ4n) is 1.45. The third-order valence-corrected chi connectivity index (χ3v) is 2.59. The van der Waals surface area contributed by atoms with Gasteiger partial charge < -0.3 is 4.74 Å². The lowest BCUT2D eigenvalue weighted by Crippen LogP contribution is -2.06. The molecule has 0 heterocycles. The smallest absolute Gasteiger partial charge is 0.163 e. The molecule has 2 nitrogen and oxygen atoms in total. The molecule has 3 heteroatoms. The summed E-state index contributed by atoms with van der Waals surface area (Å²) in [6.07, 6.45) is 0.910. The van der Waals surface area contributed by atoms with Gasteiger partial charge in [-0.2, -0.15) is 0 Å². The highest BCUT2D eigenvalue weighted by Crippen LogP contribution is 2.23. The van der Waals surface area contributed by atoms with E-state index in [1.54, 1.807) is 13.0 Å². The summed E-state index contributed by atoms with van der Waals surface area (Å²) in [6, 6.07) is 2.84. The highest BCUT2D eigenvalue weighted by molar-refractivity contribution is 5.96. The third-order valence-electron chi connectivity index (χ3n) is 2.59. The molecule has 0 saturated carbocycles. The van der Waals surface area contributed by atoms with Crippen LogP contribution in [0.3, 0.4) is 0 Å². The van der Waals surface area contributed by atoms with Gasteiger partial charge in [-0.1, -0.05) is 13.8 Å². The van der Waals surface area contributed by atoms with E-state index in [0.717, 1.165) is 6.42 Å². The molecular formula is C14H19FO2. The zero-order valence-electron chi connectivity index (χ0n) is 10.8. The summed E-state index contributed by atoms with van der Waals surface area (Å²) in [6.45, 7) is 7.83. The van der Waals surface area contributed by atoms with Crippen LogP contribution < -0.4 is 4.74 Å². The van der Waals surface area contributed by atoms with Crippen molar-refractivity contribution in [2.45, 2.75) is 34.1 Å². The van der Waals surface area contributed by atoms with Gasteiger partial charge in [0.25, 0.3) is 0 Å². The predicted molar refractivity (Wildman–Crippen MR) is 66.1 cm³/mol. The second-order valence-corrected chi connectivity index (χ2v) is 4.68. The average molecular weight is 238 g/mol. The summed E-state index contributed by atoms with van der Waals surface area (Å²) < 4.78 is 18.9. The Morgan fingerprint density at radius 3 is 2.59 bits per heavy atom. The van der Waals surface area contributed by atoms with Crippen molar-refractivity contribution >= 4 is 5.78 Å². The minimum atomic E-state index is -0.369. The summed E-state index contributed by atoms with van der Waals surface area (Å²) in [4.78, 5) is 11.4. The maximum atomic E-state index is 13.4. The van der Waals surface area contributed by atoms with Crippen LogP contribution in [0.5, 0.6) is 5.75 Å². The standard InChI is InChI=1S/C14H19FO2/c1-9(2)5-6-17-14-7-10(3)13(15)8-12(14)11(4)16/h7-9H,5-6H2,1-4H3. The molecule has 0 aliphatic carbocycles. The molecule has 0 bridgehead atoms. The Bertz CT molecular complexity index is 411. The van der Waals surface area contributed by atoms with Gasteiger partial charge in [-0.25, -0.2) is 4.39 Å². The van der Waals surface area contributed by atoms with Crippen molar-refractivity contribution in [2.75, 3.05) is 6.61 Å². The number of benzene rings is 1. The molecular weight excluding hydrogens is 219 g/mol. The number of rotatable bonds is 5. The highest BCUT2D eigenvalue weighted by atomic mass is 19.1. The van der Waals surface area contributed by atoms with E-state index >= 15 is 0 Å². The molecule has 0 aliphatic heterocycles. The van der Waals surface area contributed by atoms with Crippen molar-refractivity contribution in [3.8, 4) is 5.75 Å². The SMILES string of the molecule is CC(=O)c1cc(F)c(C)cc1OCCC(C)C. The normalized spacial score (nSPS) is 10.7. The summed E-state index contributed by atoms with van der Waals surface area (Å²) in [5.41, 5.74) is 0.811. The van der Waals surface area contributed by atoms with Gasteiger partial charge in [-0.3, -0.25) is 4.79 Å². The lowest BCUT2D eigenvalue weighted by Gasteiger charge is -2.12. The van der Waals surface area contributed by atoms with Crippen LogP contribution in [0.25, 0.3) is 0 Å². The Hall–Kier alpha value is -1.38. The number of hydrogen-bond donors (Lipinski definition) is 0. The van der Waals surface area contributed by atoms with Gasteiger partial charge in [0, 0.05) is 0 Å². The van der Waals surface area contributed by atoms with Crippen molar-refractivity contribution in [2.24, 2.45) is 5.92 Å². The highest BCUT2D eigenvalue weighted by Gasteiger charge is 2.12. The molecule has 0 unspecified atom stereocenters. The van der Waals surface area contributed by atoms with E-state index in [1.807, 2.05) is 0 Å². The van der Waals surface area contributed by atoms with Crippen molar-refractivity contribution in [1.29, 1.82) is 0 Å². The topological polar surface area (TPSA) is 26.3 Å². The molecule has 17 heavy (non-hydrogen) atoms. The van der Waals surface area contributed by atoms with Crippen LogP contribution in [-0.4, -0.2) is 12.4 Å². The first kappa shape index (κ1) is 13.7. The largest absolute Gasteiger partial charge is 0.493 e. The molecule has 0 amide bonds. The quantitative estimate of drug-likeness (QED) is 0.730. The molecule has 0 radical (unpaired) electrons. The number of aryl methyl sites for hydroxylation is 1. The van der Waals surface area contributed by atoms with E-state index < -0.39 is 0 Å². The Labute approximate surface area is 102 Å². The van der Waals surface area contributed by atoms with Gasteiger partial charge >= 0.3 is 0 Å². The molecule has 0 saturated heterocycles. The zero-order chi connectivity index (χ0) is 13.0. The van der Waals surface area contributed by atoms with E-state index in [0.29, 0.717) is 29.4 Å². The van der Waals surface area contributed by atoms with Crippen molar-refractivity contribution in [1.82, 2.24) is 0 Å². The van der Waals surface area contributed by atoms with E-state index in [1.165, 1.54) is 13.0 Å². The molecule has 1 rings (SSSR count). The van der Waals surface area contributed by atoms with Gasteiger partial charge in [0.15, 0.2) is 5.78 Å². The third kappa shape index (κ3) is 3.84. The summed E-state index contributed by atoms with van der Waals surface area (Å²) >= 11 is 0. The van der Waals surface area contributed by atoms with Crippen LogP contribution in [0.4, 0.5) is 4.39 Å². The summed E-state index contributed by atoms with van der Waals surface area (Å²) in [5, 5.41) is 0. The summed E-state index contributed by atoms with van der Waals surface area (Å²) in [5.74, 6) is 0.476. The maximum absolute atomic E-state index is 13.4. The van der Waals surface area contributed by atoms with Crippen LogP contribution in [0.15, 0.2) is 12.1 Å². The Balaban J connectivity index is 2.89. The lowest BCUT2D eigenvalue weighted by molar-refractivity contribution is 0.101. The number of Topliss-reactive ketones (excluding diaryl/α,β-unsaturated/α-hetero) is 1. The lowest BCUT2D eigenvalue weighted by atomic mass is 10.1. The number of ketones is 1. The number of hydrogen-bond acceptors (Lipinski definition) is 2. The van der Waals surface area contributed by atoms with Crippen molar-refractivity contribution in [3.63, 3.8) is 0 Å². The number of ether oxygens (including phenoxy) is 1. The van der Waals surface area contributed by atoms with Crippen LogP contribution in [0, 0.1) is 18.7 Å². The first-order valence-electron chi connectivity index (χ1n) is 5.85. The molecule has 0 aliphatic rings.